The van der Waals surface area contributed by atoms with Crippen molar-refractivity contribution in [2.75, 3.05) is 7.05 Å². The molecule has 0 N–H and O–H groups in total. The first-order chi connectivity index (χ1) is 10.7. The predicted molar refractivity (Wildman–Crippen MR) is 84.9 cm³/mol. The molecule has 2 heterocycles. The Morgan fingerprint density at radius 2 is 2.23 bits per heavy atom. The van der Waals surface area contributed by atoms with E-state index < -0.39 is 0 Å². The number of thiazole rings is 1. The van der Waals surface area contributed by atoms with Crippen molar-refractivity contribution in [3.05, 3.63) is 27.7 Å². The fourth-order valence-electron chi connectivity index (χ4n) is 2.72. The van der Waals surface area contributed by atoms with E-state index in [-0.39, 0.29) is 5.91 Å². The van der Waals surface area contributed by atoms with E-state index in [1.165, 1.54) is 17.7 Å². The summed E-state index contributed by atoms with van der Waals surface area (Å²) < 4.78 is 2.00. The molecule has 1 aliphatic rings. The molecule has 0 unspecified atom stereocenters. The molecule has 2 aromatic rings. The number of amides is 1. The molecule has 0 saturated carbocycles. The minimum atomic E-state index is -0.0227. The highest BCUT2D eigenvalue weighted by molar-refractivity contribution is 7.13. The van der Waals surface area contributed by atoms with Gasteiger partial charge in [0.1, 0.15) is 6.33 Å². The van der Waals surface area contributed by atoms with Gasteiger partial charge in [0.05, 0.1) is 12.2 Å². The maximum atomic E-state index is 12.6. The minimum Gasteiger partial charge on any atom is -0.332 e. The summed E-state index contributed by atoms with van der Waals surface area (Å²) >= 11 is 1.55. The zero-order chi connectivity index (χ0) is 15.5. The van der Waals surface area contributed by atoms with Crippen LogP contribution in [0.4, 0.5) is 0 Å². The summed E-state index contributed by atoms with van der Waals surface area (Å²) in [6, 6.07) is 0. The van der Waals surface area contributed by atoms with Crippen LogP contribution in [0.25, 0.3) is 0 Å². The zero-order valence-corrected chi connectivity index (χ0v) is 13.9. The van der Waals surface area contributed by atoms with Crippen molar-refractivity contribution >= 4 is 17.2 Å². The van der Waals surface area contributed by atoms with Gasteiger partial charge in [0.25, 0.3) is 5.91 Å². The molecule has 0 radical (unpaired) electrons. The van der Waals surface area contributed by atoms with Crippen LogP contribution in [-0.4, -0.2) is 37.6 Å². The third-order valence-electron chi connectivity index (χ3n) is 3.91. The van der Waals surface area contributed by atoms with Gasteiger partial charge >= 0.3 is 0 Å². The van der Waals surface area contributed by atoms with Crippen molar-refractivity contribution in [3.63, 3.8) is 0 Å². The van der Waals surface area contributed by atoms with Gasteiger partial charge in [-0.1, -0.05) is 6.92 Å². The first kappa shape index (κ1) is 15.1. The average molecular weight is 319 g/mol. The molecule has 118 valence electrons. The molecule has 0 atom stereocenters. The van der Waals surface area contributed by atoms with E-state index in [2.05, 4.69) is 22.1 Å². The van der Waals surface area contributed by atoms with Crippen LogP contribution >= 0.6 is 11.3 Å². The molecular formula is C15H21N5OS. The molecular weight excluding hydrogens is 298 g/mol. The number of aromatic nitrogens is 4. The Hall–Kier alpha value is -1.76. The van der Waals surface area contributed by atoms with Crippen molar-refractivity contribution in [2.24, 2.45) is 0 Å². The number of hydrogen-bond donors (Lipinski definition) is 0. The number of carbonyl (C=O) groups excluding carboxylic acids is 1. The highest BCUT2D eigenvalue weighted by atomic mass is 32.1. The first-order valence-corrected chi connectivity index (χ1v) is 8.61. The number of fused-ring (bicyclic) bond motifs is 1. The van der Waals surface area contributed by atoms with Gasteiger partial charge in [0.15, 0.2) is 10.8 Å². The van der Waals surface area contributed by atoms with Crippen molar-refractivity contribution in [1.82, 2.24) is 24.6 Å². The number of nitrogens with zero attached hydrogens (tertiary/aromatic N) is 5. The van der Waals surface area contributed by atoms with Gasteiger partial charge in [-0.3, -0.25) is 4.79 Å². The summed E-state index contributed by atoms with van der Waals surface area (Å²) in [6.07, 6.45) is 7.20. The van der Waals surface area contributed by atoms with E-state index in [0.29, 0.717) is 11.6 Å². The highest BCUT2D eigenvalue weighted by Gasteiger charge is 2.22. The molecule has 22 heavy (non-hydrogen) atoms. The van der Waals surface area contributed by atoms with E-state index in [0.717, 1.165) is 37.3 Å². The Kier molecular flexibility index (Phi) is 4.52. The molecule has 0 aliphatic heterocycles. The molecule has 1 amide bonds. The Morgan fingerprint density at radius 3 is 3.00 bits per heavy atom. The van der Waals surface area contributed by atoms with Gasteiger partial charge < -0.3 is 9.47 Å². The van der Waals surface area contributed by atoms with Gasteiger partial charge in [-0.2, -0.15) is 0 Å². The molecule has 0 bridgehead atoms. The van der Waals surface area contributed by atoms with Crippen LogP contribution in [0.3, 0.4) is 0 Å². The third-order valence-corrected chi connectivity index (χ3v) is 5.06. The molecule has 3 rings (SSSR count). The van der Waals surface area contributed by atoms with Crippen LogP contribution in [-0.2, 0) is 25.9 Å². The van der Waals surface area contributed by atoms with E-state index in [9.17, 15) is 4.79 Å². The summed E-state index contributed by atoms with van der Waals surface area (Å²) in [5.41, 5.74) is 1.13. The van der Waals surface area contributed by atoms with Gasteiger partial charge in [0, 0.05) is 18.5 Å². The topological polar surface area (TPSA) is 63.9 Å². The molecule has 7 heteroatoms. The lowest BCUT2D eigenvalue weighted by atomic mass is 10.0. The van der Waals surface area contributed by atoms with Gasteiger partial charge in [-0.05, 0) is 32.1 Å². The van der Waals surface area contributed by atoms with Crippen molar-refractivity contribution in [2.45, 2.75) is 52.1 Å². The van der Waals surface area contributed by atoms with E-state index in [1.54, 1.807) is 29.6 Å². The normalized spacial score (nSPS) is 13.9. The molecule has 6 nitrogen and oxygen atoms in total. The fraction of sp³-hybridized carbons (Fsp3) is 0.600. The van der Waals surface area contributed by atoms with Crippen molar-refractivity contribution in [3.8, 4) is 0 Å². The van der Waals surface area contributed by atoms with Crippen LogP contribution < -0.4 is 0 Å². The quantitative estimate of drug-likeness (QED) is 0.848. The smallest absolute Gasteiger partial charge is 0.282 e. The molecule has 0 spiro atoms. The number of carbonyl (C=O) groups is 1. The van der Waals surface area contributed by atoms with Crippen LogP contribution in [0.5, 0.6) is 0 Å². The summed E-state index contributed by atoms with van der Waals surface area (Å²) in [7, 11) is 1.80. The predicted octanol–water partition coefficient (Wildman–Crippen LogP) is 2.30. The first-order valence-electron chi connectivity index (χ1n) is 7.79. The van der Waals surface area contributed by atoms with E-state index in [1.807, 2.05) is 4.57 Å². The Balaban J connectivity index is 1.71. The van der Waals surface area contributed by atoms with Gasteiger partial charge in [-0.25, -0.2) is 4.98 Å². The summed E-state index contributed by atoms with van der Waals surface area (Å²) in [4.78, 5) is 20.1. The van der Waals surface area contributed by atoms with Crippen LogP contribution in [0.15, 0.2) is 6.33 Å². The maximum absolute atomic E-state index is 12.6. The average Bonchev–Trinajstić information content (AvgIpc) is 3.13. The Bertz CT molecular complexity index is 639. The Labute approximate surface area is 134 Å². The molecule has 2 aromatic heterocycles. The Morgan fingerprint density at radius 1 is 1.41 bits per heavy atom. The third kappa shape index (κ3) is 3.04. The maximum Gasteiger partial charge on any atom is 0.282 e. The molecule has 0 fully saturated rings. The molecule has 1 aliphatic carbocycles. The van der Waals surface area contributed by atoms with E-state index in [4.69, 9.17) is 0 Å². The lowest BCUT2D eigenvalue weighted by Crippen LogP contribution is -2.27. The lowest BCUT2D eigenvalue weighted by Gasteiger charge is -2.15. The van der Waals surface area contributed by atoms with Gasteiger partial charge in [0.2, 0.25) is 0 Å². The standard InChI is InChI=1S/C15H21N5OS/c1-3-8-20-10-16-18-13(20)9-19(2)15(21)14-17-11-6-4-5-7-12(11)22-14/h10H,3-9H2,1-2H3. The monoisotopic (exact) mass is 319 g/mol. The SMILES string of the molecule is CCCn1cnnc1CN(C)C(=O)c1nc2c(s1)CCCC2. The van der Waals surface area contributed by atoms with Crippen molar-refractivity contribution in [1.29, 1.82) is 0 Å². The number of aryl methyl sites for hydroxylation is 3. The van der Waals surface area contributed by atoms with Crippen molar-refractivity contribution < 1.29 is 4.79 Å². The van der Waals surface area contributed by atoms with Crippen LogP contribution in [0.2, 0.25) is 0 Å². The highest BCUT2D eigenvalue weighted by Crippen LogP contribution is 2.27. The van der Waals surface area contributed by atoms with Crippen LogP contribution in [0, 0.1) is 0 Å². The second kappa shape index (κ2) is 6.56. The zero-order valence-electron chi connectivity index (χ0n) is 13.1. The molecule has 0 aromatic carbocycles. The lowest BCUT2D eigenvalue weighted by molar-refractivity contribution is 0.0779. The second-order valence-corrected chi connectivity index (χ2v) is 6.78. The largest absolute Gasteiger partial charge is 0.332 e. The minimum absolute atomic E-state index is 0.0227. The van der Waals surface area contributed by atoms with E-state index >= 15 is 0 Å². The summed E-state index contributed by atoms with van der Waals surface area (Å²) in [6.45, 7) is 3.44. The summed E-state index contributed by atoms with van der Waals surface area (Å²) in [5, 5.41) is 8.67. The summed E-state index contributed by atoms with van der Waals surface area (Å²) in [5.74, 6) is 0.796. The number of rotatable bonds is 5. The molecule has 0 saturated heterocycles. The van der Waals surface area contributed by atoms with Crippen LogP contribution in [0.1, 0.15) is 52.4 Å². The number of hydrogen-bond acceptors (Lipinski definition) is 5. The fourth-order valence-corrected chi connectivity index (χ4v) is 3.86. The van der Waals surface area contributed by atoms with Gasteiger partial charge in [-0.15, -0.1) is 21.5 Å². The second-order valence-electron chi connectivity index (χ2n) is 5.70.